The Morgan fingerprint density at radius 2 is 2.19 bits per heavy atom. The van der Waals surface area contributed by atoms with Gasteiger partial charge in [-0.15, -0.1) is 0 Å². The summed E-state index contributed by atoms with van der Waals surface area (Å²) in [4.78, 5) is 12.8. The molecule has 2 aliphatic heterocycles. The van der Waals surface area contributed by atoms with Crippen LogP contribution < -0.4 is 5.73 Å². The predicted octanol–water partition coefficient (Wildman–Crippen LogP) is -0.309. The van der Waals surface area contributed by atoms with Crippen LogP contribution in [0.25, 0.3) is 0 Å². The van der Waals surface area contributed by atoms with Gasteiger partial charge in [0.15, 0.2) is 9.84 Å². The van der Waals surface area contributed by atoms with Crippen LogP contribution in [0.15, 0.2) is 0 Å². The van der Waals surface area contributed by atoms with E-state index in [2.05, 4.69) is 0 Å². The molecule has 0 aromatic rings. The highest BCUT2D eigenvalue weighted by atomic mass is 32.2. The van der Waals surface area contributed by atoms with Crippen molar-refractivity contribution in [2.45, 2.75) is 30.7 Å². The Bertz CT molecular complexity index is 381. The minimum Gasteiger partial charge on any atom is -0.447 e. The molecule has 2 fully saturated rings. The Labute approximate surface area is 94.6 Å². The summed E-state index contributed by atoms with van der Waals surface area (Å²) in [7, 11) is -3.21. The van der Waals surface area contributed by atoms with Crippen molar-refractivity contribution >= 4 is 15.9 Å². The maximum absolute atomic E-state index is 11.9. The van der Waals surface area contributed by atoms with Crippen LogP contribution in [0.4, 0.5) is 4.79 Å². The van der Waals surface area contributed by atoms with Gasteiger partial charge in [0, 0.05) is 6.54 Å². The van der Waals surface area contributed by atoms with Crippen molar-refractivity contribution in [1.29, 1.82) is 0 Å². The van der Waals surface area contributed by atoms with Crippen molar-refractivity contribution in [3.63, 3.8) is 0 Å². The number of nitrogens with two attached hydrogens (primary N) is 1. The van der Waals surface area contributed by atoms with E-state index in [1.807, 2.05) is 0 Å². The fourth-order valence-corrected chi connectivity index (χ4v) is 4.26. The van der Waals surface area contributed by atoms with Gasteiger partial charge in [-0.05, 0) is 19.3 Å². The Balaban J connectivity index is 2.24. The van der Waals surface area contributed by atoms with Crippen LogP contribution in [0.1, 0.15) is 19.3 Å². The largest absolute Gasteiger partial charge is 0.447 e. The quantitative estimate of drug-likeness (QED) is 0.724. The monoisotopic (exact) mass is 248 g/mol. The van der Waals surface area contributed by atoms with Crippen LogP contribution in [-0.4, -0.2) is 49.7 Å². The third kappa shape index (κ3) is 1.89. The van der Waals surface area contributed by atoms with Gasteiger partial charge in [0.25, 0.3) is 0 Å². The Morgan fingerprint density at radius 3 is 2.81 bits per heavy atom. The molecule has 2 unspecified atom stereocenters. The zero-order valence-corrected chi connectivity index (χ0v) is 9.78. The van der Waals surface area contributed by atoms with E-state index >= 15 is 0 Å². The van der Waals surface area contributed by atoms with E-state index in [0.717, 1.165) is 6.42 Å². The highest BCUT2D eigenvalue weighted by Crippen LogP contribution is 2.27. The molecule has 16 heavy (non-hydrogen) atoms. The lowest BCUT2D eigenvalue weighted by Crippen LogP contribution is -2.50. The standard InChI is InChI=1S/C9H16N2O4S/c10-5-7-6-15-9(12)11(7)8-3-1-2-4-16(8,13)14/h7-8H,1-6,10H2. The van der Waals surface area contributed by atoms with Crippen molar-refractivity contribution in [3.05, 3.63) is 0 Å². The second kappa shape index (κ2) is 4.21. The summed E-state index contributed by atoms with van der Waals surface area (Å²) in [6, 6.07) is -0.301. The van der Waals surface area contributed by atoms with Crippen LogP contribution >= 0.6 is 0 Å². The number of hydrogen-bond donors (Lipinski definition) is 1. The number of ether oxygens (including phenoxy) is 1. The van der Waals surface area contributed by atoms with Crippen LogP contribution in [0, 0.1) is 0 Å². The molecule has 2 aliphatic rings. The molecular formula is C9H16N2O4S. The molecule has 2 atom stereocenters. The molecule has 2 rings (SSSR count). The molecule has 0 aromatic heterocycles. The third-order valence-electron chi connectivity index (χ3n) is 3.13. The van der Waals surface area contributed by atoms with Crippen molar-refractivity contribution in [2.24, 2.45) is 5.73 Å². The molecule has 7 heteroatoms. The van der Waals surface area contributed by atoms with E-state index in [4.69, 9.17) is 10.5 Å². The number of carbonyl (C=O) groups is 1. The van der Waals surface area contributed by atoms with Gasteiger partial charge in [-0.3, -0.25) is 4.90 Å². The fourth-order valence-electron chi connectivity index (χ4n) is 2.26. The molecule has 92 valence electrons. The number of rotatable bonds is 2. The van der Waals surface area contributed by atoms with Crippen molar-refractivity contribution in [3.8, 4) is 0 Å². The first kappa shape index (κ1) is 11.7. The first-order valence-corrected chi connectivity index (χ1v) is 7.14. The Hall–Kier alpha value is -0.820. The minimum atomic E-state index is -3.21. The summed E-state index contributed by atoms with van der Waals surface area (Å²) < 4.78 is 28.6. The van der Waals surface area contributed by atoms with Gasteiger partial charge in [0.05, 0.1) is 11.8 Å². The van der Waals surface area contributed by atoms with Crippen molar-refractivity contribution in [2.75, 3.05) is 18.9 Å². The molecule has 2 N–H and O–H groups in total. The average Bonchev–Trinajstić information content (AvgIpc) is 2.59. The molecule has 0 radical (unpaired) electrons. The SMILES string of the molecule is NCC1COC(=O)N1C1CCCCS1(=O)=O. The van der Waals surface area contributed by atoms with E-state index < -0.39 is 21.3 Å². The van der Waals surface area contributed by atoms with Crippen LogP contribution in [0.5, 0.6) is 0 Å². The Kier molecular flexibility index (Phi) is 3.07. The number of cyclic esters (lactones) is 1. The number of sulfone groups is 1. The third-order valence-corrected chi connectivity index (χ3v) is 5.28. The predicted molar refractivity (Wildman–Crippen MR) is 57.5 cm³/mol. The molecule has 0 aliphatic carbocycles. The molecule has 0 aromatic carbocycles. The maximum atomic E-state index is 11.9. The lowest BCUT2D eigenvalue weighted by Gasteiger charge is -2.32. The molecule has 0 saturated carbocycles. The molecule has 2 heterocycles. The topological polar surface area (TPSA) is 89.7 Å². The van der Waals surface area contributed by atoms with Crippen molar-refractivity contribution < 1.29 is 17.9 Å². The number of hydrogen-bond acceptors (Lipinski definition) is 5. The lowest BCUT2D eigenvalue weighted by molar-refractivity contribution is 0.152. The fraction of sp³-hybridized carbons (Fsp3) is 0.889. The van der Waals surface area contributed by atoms with Gasteiger partial charge >= 0.3 is 6.09 Å². The Morgan fingerprint density at radius 1 is 1.44 bits per heavy atom. The normalized spacial score (nSPS) is 33.8. The molecule has 0 spiro atoms. The summed E-state index contributed by atoms with van der Waals surface area (Å²) in [6.45, 7) is 0.430. The van der Waals surface area contributed by atoms with Gasteiger partial charge in [0.1, 0.15) is 12.0 Å². The number of carbonyl (C=O) groups excluding carboxylic acids is 1. The summed E-state index contributed by atoms with van der Waals surface area (Å²) in [6.07, 6.45) is 1.44. The van der Waals surface area contributed by atoms with Crippen LogP contribution in [0.2, 0.25) is 0 Å². The maximum Gasteiger partial charge on any atom is 0.411 e. The smallest absolute Gasteiger partial charge is 0.411 e. The second-order valence-electron chi connectivity index (χ2n) is 4.19. The first-order chi connectivity index (χ1) is 7.56. The summed E-state index contributed by atoms with van der Waals surface area (Å²) >= 11 is 0. The van der Waals surface area contributed by atoms with Gasteiger partial charge in [0.2, 0.25) is 0 Å². The minimum absolute atomic E-state index is 0.152. The molecular weight excluding hydrogens is 232 g/mol. The summed E-state index contributed by atoms with van der Waals surface area (Å²) in [5.74, 6) is 0.152. The lowest BCUT2D eigenvalue weighted by atomic mass is 10.2. The van der Waals surface area contributed by atoms with Gasteiger partial charge < -0.3 is 10.5 Å². The van der Waals surface area contributed by atoms with Crippen molar-refractivity contribution in [1.82, 2.24) is 4.90 Å². The zero-order chi connectivity index (χ0) is 11.8. The van der Waals surface area contributed by atoms with Gasteiger partial charge in [-0.25, -0.2) is 13.2 Å². The zero-order valence-electron chi connectivity index (χ0n) is 8.96. The van der Waals surface area contributed by atoms with E-state index in [-0.39, 0.29) is 24.9 Å². The molecule has 1 amide bonds. The average molecular weight is 248 g/mol. The number of amides is 1. The van der Waals surface area contributed by atoms with Gasteiger partial charge in [-0.1, -0.05) is 0 Å². The first-order valence-electron chi connectivity index (χ1n) is 5.43. The summed E-state index contributed by atoms with van der Waals surface area (Å²) in [5.41, 5.74) is 5.51. The number of nitrogens with zero attached hydrogens (tertiary/aromatic N) is 1. The van der Waals surface area contributed by atoms with E-state index in [1.54, 1.807) is 0 Å². The van der Waals surface area contributed by atoms with Crippen LogP contribution in [0.3, 0.4) is 0 Å². The molecule has 6 nitrogen and oxygen atoms in total. The highest BCUT2D eigenvalue weighted by Gasteiger charge is 2.44. The second-order valence-corrected chi connectivity index (χ2v) is 6.47. The van der Waals surface area contributed by atoms with Gasteiger partial charge in [-0.2, -0.15) is 0 Å². The van der Waals surface area contributed by atoms with E-state index in [0.29, 0.717) is 12.8 Å². The molecule has 0 bridgehead atoms. The molecule has 2 saturated heterocycles. The van der Waals surface area contributed by atoms with E-state index in [1.165, 1.54) is 4.90 Å². The van der Waals surface area contributed by atoms with E-state index in [9.17, 15) is 13.2 Å². The highest BCUT2D eigenvalue weighted by molar-refractivity contribution is 7.92. The van der Waals surface area contributed by atoms with Crippen LogP contribution in [-0.2, 0) is 14.6 Å². The summed E-state index contributed by atoms with van der Waals surface area (Å²) in [5, 5.41) is -0.732.